The molecular weight excluding hydrogens is 250 g/mol. The third kappa shape index (κ3) is 3.68. The molecule has 2 heterocycles. The van der Waals surface area contributed by atoms with Gasteiger partial charge in [-0.25, -0.2) is 4.98 Å². The number of hydrogen-bond acceptors (Lipinski definition) is 4. The van der Waals surface area contributed by atoms with Gasteiger partial charge in [-0.15, -0.1) is 0 Å². The van der Waals surface area contributed by atoms with Crippen molar-refractivity contribution in [1.29, 1.82) is 0 Å². The first kappa shape index (κ1) is 14.8. The van der Waals surface area contributed by atoms with Crippen molar-refractivity contribution in [2.24, 2.45) is 5.92 Å². The maximum Gasteiger partial charge on any atom is 0.254 e. The van der Waals surface area contributed by atoms with Crippen LogP contribution in [-0.4, -0.2) is 25.6 Å². The van der Waals surface area contributed by atoms with E-state index in [1.807, 2.05) is 0 Å². The summed E-state index contributed by atoms with van der Waals surface area (Å²) in [5, 5.41) is 7.79. The van der Waals surface area contributed by atoms with E-state index in [1.165, 1.54) is 6.42 Å². The molecule has 0 saturated heterocycles. The van der Waals surface area contributed by atoms with Crippen LogP contribution < -0.4 is 5.32 Å². The van der Waals surface area contributed by atoms with Gasteiger partial charge in [-0.3, -0.25) is 0 Å². The highest BCUT2D eigenvalue weighted by molar-refractivity contribution is 5.45. The average molecular weight is 275 g/mol. The first-order chi connectivity index (χ1) is 9.60. The Morgan fingerprint density at radius 2 is 2.05 bits per heavy atom. The van der Waals surface area contributed by atoms with Gasteiger partial charge < -0.3 is 5.32 Å². The first-order valence-electron chi connectivity index (χ1n) is 7.56. The summed E-state index contributed by atoms with van der Waals surface area (Å²) in [7, 11) is 0. The molecule has 2 aromatic rings. The maximum atomic E-state index is 4.52. The molecule has 0 saturated carbocycles. The third-order valence-electron chi connectivity index (χ3n) is 3.38. The zero-order valence-corrected chi connectivity index (χ0v) is 12.9. The van der Waals surface area contributed by atoms with Gasteiger partial charge in [0, 0.05) is 17.8 Å². The largest absolute Gasteiger partial charge is 0.367 e. The Labute approximate surface area is 120 Å². The fourth-order valence-corrected chi connectivity index (χ4v) is 2.26. The Hall–Kier alpha value is -1.65. The van der Waals surface area contributed by atoms with E-state index in [9.17, 15) is 0 Å². The molecule has 0 aliphatic heterocycles. The van der Waals surface area contributed by atoms with E-state index in [-0.39, 0.29) is 0 Å². The van der Waals surface area contributed by atoms with Gasteiger partial charge in [0.05, 0.1) is 0 Å². The molecule has 0 aliphatic rings. The lowest BCUT2D eigenvalue weighted by Gasteiger charge is -2.17. The second-order valence-electron chi connectivity index (χ2n) is 5.87. The minimum absolute atomic E-state index is 0.418. The van der Waals surface area contributed by atoms with Crippen LogP contribution in [0.5, 0.6) is 0 Å². The number of nitrogens with one attached hydrogen (secondary N) is 1. The highest BCUT2D eigenvalue weighted by atomic mass is 15.4. The fraction of sp³-hybridized carbons (Fsp3) is 0.667. The second kappa shape index (κ2) is 6.68. The molecule has 110 valence electrons. The van der Waals surface area contributed by atoms with Crippen LogP contribution in [0.15, 0.2) is 12.4 Å². The Kier molecular flexibility index (Phi) is 4.93. The van der Waals surface area contributed by atoms with Crippen molar-refractivity contribution in [2.45, 2.75) is 59.4 Å². The molecule has 1 N–H and O–H groups in total. The number of aromatic nitrogens is 4. The average Bonchev–Trinajstić information content (AvgIpc) is 2.85. The van der Waals surface area contributed by atoms with Gasteiger partial charge in [-0.1, -0.05) is 27.2 Å². The highest BCUT2D eigenvalue weighted by Gasteiger charge is 2.10. The van der Waals surface area contributed by atoms with Crippen LogP contribution in [0.25, 0.3) is 5.78 Å². The summed E-state index contributed by atoms with van der Waals surface area (Å²) in [4.78, 5) is 8.72. The van der Waals surface area contributed by atoms with Crippen molar-refractivity contribution < 1.29 is 0 Å². The van der Waals surface area contributed by atoms with Gasteiger partial charge in [0.1, 0.15) is 12.1 Å². The van der Waals surface area contributed by atoms with Crippen LogP contribution in [0.3, 0.4) is 0 Å². The van der Waals surface area contributed by atoms with E-state index in [0.29, 0.717) is 11.8 Å². The number of anilines is 1. The molecule has 0 radical (unpaired) electrons. The molecule has 0 bridgehead atoms. The van der Waals surface area contributed by atoms with E-state index < -0.39 is 0 Å². The van der Waals surface area contributed by atoms with Crippen LogP contribution >= 0.6 is 0 Å². The van der Waals surface area contributed by atoms with Gasteiger partial charge in [0.15, 0.2) is 0 Å². The van der Waals surface area contributed by atoms with Crippen molar-refractivity contribution in [2.75, 3.05) is 5.32 Å². The molecule has 20 heavy (non-hydrogen) atoms. The molecule has 2 rings (SSSR count). The zero-order chi connectivity index (χ0) is 14.5. The van der Waals surface area contributed by atoms with Gasteiger partial charge in [0.25, 0.3) is 5.78 Å². The Balaban J connectivity index is 2.16. The Morgan fingerprint density at radius 3 is 2.75 bits per heavy atom. The molecule has 0 amide bonds. The van der Waals surface area contributed by atoms with E-state index in [1.54, 1.807) is 10.8 Å². The van der Waals surface area contributed by atoms with E-state index in [0.717, 1.165) is 36.7 Å². The predicted octanol–water partition coefficient (Wildman–Crippen LogP) is 3.31. The smallest absolute Gasteiger partial charge is 0.254 e. The van der Waals surface area contributed by atoms with Crippen molar-refractivity contribution in [3.8, 4) is 0 Å². The van der Waals surface area contributed by atoms with Gasteiger partial charge in [-0.05, 0) is 32.1 Å². The number of hydrogen-bond donors (Lipinski definition) is 1. The quantitative estimate of drug-likeness (QED) is 0.842. The second-order valence-corrected chi connectivity index (χ2v) is 5.87. The monoisotopic (exact) mass is 275 g/mol. The lowest BCUT2D eigenvalue weighted by Crippen LogP contribution is -2.18. The van der Waals surface area contributed by atoms with Crippen molar-refractivity contribution in [3.63, 3.8) is 0 Å². The molecule has 0 aliphatic carbocycles. The van der Waals surface area contributed by atoms with Crippen LogP contribution in [-0.2, 0) is 6.42 Å². The van der Waals surface area contributed by atoms with Crippen molar-refractivity contribution in [3.05, 3.63) is 18.1 Å². The van der Waals surface area contributed by atoms with Crippen LogP contribution in [0.4, 0.5) is 5.82 Å². The lowest BCUT2D eigenvalue weighted by molar-refractivity contribution is 0.526. The van der Waals surface area contributed by atoms with Gasteiger partial charge >= 0.3 is 0 Å². The fourth-order valence-electron chi connectivity index (χ4n) is 2.26. The number of fused-ring (bicyclic) bond motifs is 1. The van der Waals surface area contributed by atoms with Gasteiger partial charge in [-0.2, -0.15) is 14.6 Å². The molecule has 0 fully saturated rings. The minimum atomic E-state index is 0.418. The summed E-state index contributed by atoms with van der Waals surface area (Å²) in [6.45, 7) is 8.89. The summed E-state index contributed by atoms with van der Waals surface area (Å²) in [5.74, 6) is 2.40. The maximum absolute atomic E-state index is 4.52. The van der Waals surface area contributed by atoms with Gasteiger partial charge in [0.2, 0.25) is 0 Å². The summed E-state index contributed by atoms with van der Waals surface area (Å²) in [6, 6.07) is 2.51. The highest BCUT2D eigenvalue weighted by Crippen LogP contribution is 2.15. The molecule has 2 aromatic heterocycles. The SMILES string of the molecule is CCCc1cc(NC(C)CCC(C)C)n2ncnc2n1. The Bertz CT molecular complexity index is 546. The number of aryl methyl sites for hydroxylation is 1. The number of nitrogens with zero attached hydrogens (tertiary/aromatic N) is 4. The standard InChI is InChI=1S/C15H25N5/c1-5-6-13-9-14(18-12(4)8-7-11(2)3)20-15(19-13)16-10-17-20/h9-12,18H,5-8H2,1-4H3. The predicted molar refractivity (Wildman–Crippen MR) is 81.9 cm³/mol. The third-order valence-corrected chi connectivity index (χ3v) is 3.38. The summed E-state index contributed by atoms with van der Waals surface area (Å²) in [6.07, 6.45) is 5.99. The molecule has 1 atom stereocenters. The minimum Gasteiger partial charge on any atom is -0.367 e. The first-order valence-corrected chi connectivity index (χ1v) is 7.56. The molecule has 0 aromatic carbocycles. The molecule has 5 heteroatoms. The molecule has 0 spiro atoms. The van der Waals surface area contributed by atoms with Crippen LogP contribution in [0, 0.1) is 5.92 Å². The Morgan fingerprint density at radius 1 is 1.25 bits per heavy atom. The molecular formula is C15H25N5. The van der Waals surface area contributed by atoms with Crippen molar-refractivity contribution in [1.82, 2.24) is 19.6 Å². The topological polar surface area (TPSA) is 55.1 Å². The lowest BCUT2D eigenvalue weighted by atomic mass is 10.0. The molecule has 1 unspecified atom stereocenters. The van der Waals surface area contributed by atoms with Crippen LogP contribution in [0.2, 0.25) is 0 Å². The van der Waals surface area contributed by atoms with E-state index in [4.69, 9.17) is 0 Å². The van der Waals surface area contributed by atoms with E-state index in [2.05, 4.69) is 54.1 Å². The zero-order valence-electron chi connectivity index (χ0n) is 12.9. The number of rotatable bonds is 7. The summed E-state index contributed by atoms with van der Waals surface area (Å²) in [5.41, 5.74) is 1.08. The molecule has 5 nitrogen and oxygen atoms in total. The van der Waals surface area contributed by atoms with E-state index >= 15 is 0 Å². The van der Waals surface area contributed by atoms with Crippen molar-refractivity contribution >= 4 is 11.6 Å². The summed E-state index contributed by atoms with van der Waals surface area (Å²) < 4.78 is 1.78. The van der Waals surface area contributed by atoms with Crippen LogP contribution in [0.1, 0.15) is 52.7 Å². The normalized spacial score (nSPS) is 13.1. The summed E-state index contributed by atoms with van der Waals surface area (Å²) >= 11 is 0.